The van der Waals surface area contributed by atoms with Crippen molar-refractivity contribution >= 4 is 11.9 Å². The molecular formula is C24H45NO3. The topological polar surface area (TPSA) is 69.4 Å². The molecule has 0 spiro atoms. The van der Waals surface area contributed by atoms with Gasteiger partial charge in [0.15, 0.2) is 0 Å². The molecule has 0 radical (unpaired) electrons. The van der Waals surface area contributed by atoms with Gasteiger partial charge in [-0.15, -0.1) is 0 Å². The zero-order valence-electron chi connectivity index (χ0n) is 18.6. The molecule has 0 aromatic carbocycles. The lowest BCUT2D eigenvalue weighted by molar-refractivity contribution is -0.137. The van der Waals surface area contributed by atoms with Gasteiger partial charge in [-0.25, -0.2) is 4.79 Å². The van der Waals surface area contributed by atoms with Gasteiger partial charge in [-0.2, -0.15) is 0 Å². The van der Waals surface area contributed by atoms with Crippen LogP contribution in [0.5, 0.6) is 0 Å². The fourth-order valence-corrected chi connectivity index (χ4v) is 3.46. The summed E-state index contributed by atoms with van der Waals surface area (Å²) in [6, 6.07) is 0. The van der Waals surface area contributed by atoms with Crippen molar-refractivity contribution in [3.63, 3.8) is 0 Å². The summed E-state index contributed by atoms with van der Waals surface area (Å²) in [6.07, 6.45) is 22.8. The Balaban J connectivity index is 3.45. The number of hydrogen-bond acceptors (Lipinski definition) is 3. The van der Waals surface area contributed by atoms with Crippen LogP contribution in [0, 0.1) is 0 Å². The van der Waals surface area contributed by atoms with Crippen molar-refractivity contribution in [3.05, 3.63) is 11.6 Å². The average Bonchev–Trinajstić information content (AvgIpc) is 2.66. The van der Waals surface area contributed by atoms with Gasteiger partial charge in [0.05, 0.1) is 6.61 Å². The number of esters is 1. The van der Waals surface area contributed by atoms with Crippen LogP contribution in [-0.4, -0.2) is 18.5 Å². The van der Waals surface area contributed by atoms with Crippen molar-refractivity contribution in [1.82, 2.24) is 0 Å². The van der Waals surface area contributed by atoms with Crippen LogP contribution in [0.15, 0.2) is 11.6 Å². The molecule has 0 aliphatic rings. The van der Waals surface area contributed by atoms with Gasteiger partial charge < -0.3 is 10.5 Å². The van der Waals surface area contributed by atoms with E-state index in [9.17, 15) is 9.59 Å². The SMILES string of the molecule is CCCCCCCCCCCCCCCCCC/C(=C/C(=O)OCC)C(N)=O. The Morgan fingerprint density at radius 2 is 1.07 bits per heavy atom. The van der Waals surface area contributed by atoms with E-state index in [0.29, 0.717) is 18.6 Å². The number of unbranched alkanes of at least 4 members (excludes halogenated alkanes) is 15. The third kappa shape index (κ3) is 18.1. The maximum absolute atomic E-state index is 11.4. The first kappa shape index (κ1) is 26.7. The van der Waals surface area contributed by atoms with Crippen molar-refractivity contribution in [2.75, 3.05) is 6.61 Å². The van der Waals surface area contributed by atoms with Crippen molar-refractivity contribution < 1.29 is 14.3 Å². The molecule has 4 heteroatoms. The third-order valence-corrected chi connectivity index (χ3v) is 5.19. The summed E-state index contributed by atoms with van der Waals surface area (Å²) in [5.74, 6) is -0.998. The highest BCUT2D eigenvalue weighted by atomic mass is 16.5. The van der Waals surface area contributed by atoms with E-state index in [0.717, 1.165) is 12.8 Å². The van der Waals surface area contributed by atoms with E-state index in [1.807, 2.05) is 0 Å². The van der Waals surface area contributed by atoms with Crippen LogP contribution in [0.3, 0.4) is 0 Å². The maximum Gasteiger partial charge on any atom is 0.331 e. The van der Waals surface area contributed by atoms with E-state index in [-0.39, 0.29) is 0 Å². The van der Waals surface area contributed by atoms with Crippen LogP contribution < -0.4 is 5.73 Å². The molecule has 28 heavy (non-hydrogen) atoms. The molecule has 0 aliphatic heterocycles. The summed E-state index contributed by atoms with van der Waals surface area (Å²) in [6.45, 7) is 4.32. The lowest BCUT2D eigenvalue weighted by Crippen LogP contribution is -2.16. The molecule has 0 fully saturated rings. The largest absolute Gasteiger partial charge is 0.463 e. The van der Waals surface area contributed by atoms with Crippen LogP contribution in [0.2, 0.25) is 0 Å². The van der Waals surface area contributed by atoms with Gasteiger partial charge in [-0.05, 0) is 19.8 Å². The summed E-state index contributed by atoms with van der Waals surface area (Å²) in [4.78, 5) is 22.8. The minimum atomic E-state index is -0.519. The van der Waals surface area contributed by atoms with Gasteiger partial charge >= 0.3 is 5.97 Å². The van der Waals surface area contributed by atoms with Crippen molar-refractivity contribution in [2.24, 2.45) is 5.73 Å². The Morgan fingerprint density at radius 1 is 0.679 bits per heavy atom. The van der Waals surface area contributed by atoms with Gasteiger partial charge in [0, 0.05) is 11.6 Å². The minimum absolute atomic E-state index is 0.306. The number of rotatable bonds is 20. The number of primary amides is 1. The second-order valence-corrected chi connectivity index (χ2v) is 7.84. The first-order chi connectivity index (χ1) is 13.6. The highest BCUT2D eigenvalue weighted by Crippen LogP contribution is 2.15. The van der Waals surface area contributed by atoms with Crippen LogP contribution in [0.25, 0.3) is 0 Å². The predicted molar refractivity (Wildman–Crippen MR) is 118 cm³/mol. The van der Waals surface area contributed by atoms with Crippen LogP contribution >= 0.6 is 0 Å². The van der Waals surface area contributed by atoms with Gasteiger partial charge in [0.25, 0.3) is 0 Å². The lowest BCUT2D eigenvalue weighted by atomic mass is 10.0. The highest BCUT2D eigenvalue weighted by Gasteiger charge is 2.08. The van der Waals surface area contributed by atoms with Gasteiger partial charge in [-0.1, -0.05) is 103 Å². The second-order valence-electron chi connectivity index (χ2n) is 7.84. The number of carbonyl (C=O) groups is 2. The molecule has 164 valence electrons. The standard InChI is InChI=1S/C24H45NO3/c1-3-5-6-7-8-9-10-11-12-13-14-15-16-17-18-19-20-22(24(25)27)21-23(26)28-4-2/h21H,3-20H2,1-2H3,(H2,25,27)/b22-21-. The molecule has 0 unspecified atom stereocenters. The Kier molecular flexibility index (Phi) is 19.5. The smallest absolute Gasteiger partial charge is 0.331 e. The van der Waals surface area contributed by atoms with Gasteiger partial charge in [-0.3, -0.25) is 4.79 Å². The molecule has 0 saturated carbocycles. The van der Waals surface area contributed by atoms with E-state index in [1.54, 1.807) is 6.92 Å². The normalized spacial score (nSPS) is 11.6. The van der Waals surface area contributed by atoms with Crippen LogP contribution in [-0.2, 0) is 14.3 Å². The molecule has 0 aromatic rings. The molecule has 1 amide bonds. The number of nitrogens with two attached hydrogens (primary N) is 1. The second kappa shape index (κ2) is 20.4. The summed E-state index contributed by atoms with van der Waals surface area (Å²) in [5.41, 5.74) is 5.71. The molecule has 0 heterocycles. The fourth-order valence-electron chi connectivity index (χ4n) is 3.46. The summed E-state index contributed by atoms with van der Waals surface area (Å²) in [7, 11) is 0. The highest BCUT2D eigenvalue weighted by molar-refractivity contribution is 5.98. The molecule has 0 rings (SSSR count). The minimum Gasteiger partial charge on any atom is -0.463 e. The summed E-state index contributed by atoms with van der Waals surface area (Å²) < 4.78 is 4.83. The quantitative estimate of drug-likeness (QED) is 0.143. The number of hydrogen-bond donors (Lipinski definition) is 1. The molecule has 0 saturated heterocycles. The molecule has 0 bridgehead atoms. The van der Waals surface area contributed by atoms with Crippen molar-refractivity contribution in [2.45, 2.75) is 123 Å². The van der Waals surface area contributed by atoms with Crippen LogP contribution in [0.1, 0.15) is 123 Å². The monoisotopic (exact) mass is 395 g/mol. The fraction of sp³-hybridized carbons (Fsp3) is 0.833. The molecule has 0 aromatic heterocycles. The number of amides is 1. The Morgan fingerprint density at radius 3 is 1.43 bits per heavy atom. The predicted octanol–water partition coefficient (Wildman–Crippen LogP) is 6.61. The zero-order chi connectivity index (χ0) is 20.9. The van der Waals surface area contributed by atoms with E-state index in [1.165, 1.54) is 96.0 Å². The Hall–Kier alpha value is -1.32. The molecule has 0 aliphatic carbocycles. The number of ether oxygens (including phenoxy) is 1. The van der Waals surface area contributed by atoms with Crippen LogP contribution in [0.4, 0.5) is 0 Å². The third-order valence-electron chi connectivity index (χ3n) is 5.19. The first-order valence-electron chi connectivity index (χ1n) is 11.8. The molecule has 0 atom stereocenters. The van der Waals surface area contributed by atoms with E-state index in [4.69, 9.17) is 10.5 Å². The maximum atomic E-state index is 11.4. The average molecular weight is 396 g/mol. The lowest BCUT2D eigenvalue weighted by Gasteiger charge is -2.05. The van der Waals surface area contributed by atoms with Gasteiger partial charge in [0.2, 0.25) is 5.91 Å². The van der Waals surface area contributed by atoms with Crippen molar-refractivity contribution in [1.29, 1.82) is 0 Å². The first-order valence-corrected chi connectivity index (χ1v) is 11.8. The van der Waals surface area contributed by atoms with E-state index in [2.05, 4.69) is 6.92 Å². The van der Waals surface area contributed by atoms with Crippen molar-refractivity contribution in [3.8, 4) is 0 Å². The summed E-state index contributed by atoms with van der Waals surface area (Å²) >= 11 is 0. The Labute approximate surface area is 173 Å². The Bertz CT molecular complexity index is 418. The van der Waals surface area contributed by atoms with Gasteiger partial charge in [0.1, 0.15) is 0 Å². The molecule has 4 nitrogen and oxygen atoms in total. The zero-order valence-corrected chi connectivity index (χ0v) is 18.6. The van der Waals surface area contributed by atoms with E-state index >= 15 is 0 Å². The molecule has 2 N–H and O–H groups in total. The molecular weight excluding hydrogens is 350 g/mol. The number of carbonyl (C=O) groups excluding carboxylic acids is 2. The van der Waals surface area contributed by atoms with E-state index < -0.39 is 11.9 Å². The summed E-state index contributed by atoms with van der Waals surface area (Å²) in [5, 5.41) is 0.